The molecule has 20 heavy (non-hydrogen) atoms. The minimum atomic E-state index is 0.708. The molecule has 2 heterocycles. The molecule has 0 aliphatic rings. The number of benzene rings is 1. The summed E-state index contributed by atoms with van der Waals surface area (Å²) < 4.78 is 0. The zero-order valence-corrected chi connectivity index (χ0v) is 11.4. The highest BCUT2D eigenvalue weighted by molar-refractivity contribution is 5.73. The highest BCUT2D eigenvalue weighted by Gasteiger charge is 2.00. The predicted molar refractivity (Wildman–Crippen MR) is 79.1 cm³/mol. The minimum absolute atomic E-state index is 0.708. The van der Waals surface area contributed by atoms with Crippen molar-refractivity contribution >= 4 is 11.0 Å². The van der Waals surface area contributed by atoms with E-state index in [0.717, 1.165) is 23.3 Å². The highest BCUT2D eigenvalue weighted by Crippen LogP contribution is 2.09. The van der Waals surface area contributed by atoms with Crippen LogP contribution < -0.4 is 5.32 Å². The zero-order valence-electron chi connectivity index (χ0n) is 11.4. The van der Waals surface area contributed by atoms with Gasteiger partial charge >= 0.3 is 0 Å². The lowest BCUT2D eigenvalue weighted by atomic mass is 10.1. The molecule has 0 amide bonds. The van der Waals surface area contributed by atoms with Crippen molar-refractivity contribution < 1.29 is 0 Å². The van der Waals surface area contributed by atoms with Gasteiger partial charge in [0, 0.05) is 25.5 Å². The molecule has 4 heteroatoms. The molecule has 0 saturated heterocycles. The summed E-state index contributed by atoms with van der Waals surface area (Å²) in [5.74, 6) is 0. The van der Waals surface area contributed by atoms with E-state index in [9.17, 15) is 0 Å². The highest BCUT2D eigenvalue weighted by atomic mass is 14.9. The first-order valence-corrected chi connectivity index (χ1v) is 6.64. The third kappa shape index (κ3) is 2.81. The van der Waals surface area contributed by atoms with Crippen LogP contribution in [0.1, 0.15) is 16.8 Å². The molecule has 0 spiro atoms. The molecule has 0 fully saturated rings. The number of nitrogens with zero attached hydrogens (tertiary/aromatic N) is 3. The van der Waals surface area contributed by atoms with Crippen molar-refractivity contribution in [3.63, 3.8) is 0 Å². The van der Waals surface area contributed by atoms with E-state index in [4.69, 9.17) is 0 Å². The molecular formula is C16H16N4. The number of aryl methyl sites for hydroxylation is 1. The van der Waals surface area contributed by atoms with Crippen LogP contribution in [-0.2, 0) is 13.1 Å². The summed E-state index contributed by atoms with van der Waals surface area (Å²) in [5, 5.41) is 3.39. The Morgan fingerprint density at radius 1 is 1.00 bits per heavy atom. The maximum Gasteiger partial charge on any atom is 0.0890 e. The van der Waals surface area contributed by atoms with Gasteiger partial charge in [-0.15, -0.1) is 0 Å². The largest absolute Gasteiger partial charge is 0.307 e. The number of para-hydroxylation sites is 2. The molecule has 3 rings (SSSR count). The monoisotopic (exact) mass is 264 g/mol. The lowest BCUT2D eigenvalue weighted by molar-refractivity contribution is 0.676. The smallest absolute Gasteiger partial charge is 0.0890 e. The second-order valence-corrected chi connectivity index (χ2v) is 4.76. The molecule has 1 N–H and O–H groups in total. The molecule has 4 nitrogen and oxygen atoms in total. The maximum atomic E-state index is 4.59. The van der Waals surface area contributed by atoms with E-state index in [0.29, 0.717) is 6.54 Å². The molecule has 0 aliphatic carbocycles. The fraction of sp³-hybridized carbons (Fsp3) is 0.188. The van der Waals surface area contributed by atoms with Crippen molar-refractivity contribution in [1.82, 2.24) is 20.3 Å². The van der Waals surface area contributed by atoms with E-state index >= 15 is 0 Å². The van der Waals surface area contributed by atoms with Crippen molar-refractivity contribution in [3.8, 4) is 0 Å². The zero-order chi connectivity index (χ0) is 13.8. The fourth-order valence-corrected chi connectivity index (χ4v) is 2.11. The van der Waals surface area contributed by atoms with E-state index in [1.807, 2.05) is 48.9 Å². The molecule has 0 bridgehead atoms. The number of fused-ring (bicyclic) bond motifs is 1. The summed E-state index contributed by atoms with van der Waals surface area (Å²) in [6, 6.07) is 9.95. The molecular weight excluding hydrogens is 248 g/mol. The first-order chi connectivity index (χ1) is 9.83. The van der Waals surface area contributed by atoms with Gasteiger partial charge in [0.2, 0.25) is 0 Å². The Labute approximate surface area is 117 Å². The third-order valence-corrected chi connectivity index (χ3v) is 3.26. The van der Waals surface area contributed by atoms with E-state index in [-0.39, 0.29) is 0 Å². The predicted octanol–water partition coefficient (Wildman–Crippen LogP) is 2.62. The molecule has 0 saturated carbocycles. The lowest BCUT2D eigenvalue weighted by Crippen LogP contribution is -2.14. The van der Waals surface area contributed by atoms with Gasteiger partial charge in [-0.05, 0) is 36.2 Å². The molecule has 100 valence electrons. The van der Waals surface area contributed by atoms with Crippen LogP contribution in [0, 0.1) is 6.92 Å². The number of hydrogen-bond acceptors (Lipinski definition) is 4. The van der Waals surface area contributed by atoms with E-state index in [1.165, 1.54) is 11.1 Å². The molecule has 0 unspecified atom stereocenters. The molecule has 3 aromatic rings. The number of pyridine rings is 1. The van der Waals surface area contributed by atoms with Gasteiger partial charge in [-0.25, -0.2) is 4.98 Å². The van der Waals surface area contributed by atoms with Crippen LogP contribution in [0.2, 0.25) is 0 Å². The minimum Gasteiger partial charge on any atom is -0.307 e. The summed E-state index contributed by atoms with van der Waals surface area (Å²) in [7, 11) is 0. The Morgan fingerprint density at radius 3 is 2.70 bits per heavy atom. The van der Waals surface area contributed by atoms with Crippen LogP contribution in [-0.4, -0.2) is 15.0 Å². The summed E-state index contributed by atoms with van der Waals surface area (Å²) in [4.78, 5) is 13.1. The number of rotatable bonds is 4. The van der Waals surface area contributed by atoms with Crippen LogP contribution >= 0.6 is 0 Å². The summed E-state index contributed by atoms with van der Waals surface area (Å²) in [5.41, 5.74) is 5.28. The molecule has 0 radical (unpaired) electrons. The summed E-state index contributed by atoms with van der Waals surface area (Å²) in [6.07, 6.45) is 5.53. The topological polar surface area (TPSA) is 50.7 Å². The van der Waals surface area contributed by atoms with Crippen LogP contribution in [0.3, 0.4) is 0 Å². The standard InChI is InChI=1S/C16H16N4/c1-12-8-17-7-6-13(12)9-18-10-14-11-19-15-4-2-3-5-16(15)20-14/h2-8,11,18H,9-10H2,1H3. The van der Waals surface area contributed by atoms with Crippen molar-refractivity contribution in [2.24, 2.45) is 0 Å². The van der Waals surface area contributed by atoms with Gasteiger partial charge in [0.05, 0.1) is 22.9 Å². The lowest BCUT2D eigenvalue weighted by Gasteiger charge is -2.07. The van der Waals surface area contributed by atoms with E-state index < -0.39 is 0 Å². The van der Waals surface area contributed by atoms with Gasteiger partial charge in [-0.2, -0.15) is 0 Å². The van der Waals surface area contributed by atoms with Crippen LogP contribution in [0.15, 0.2) is 48.9 Å². The van der Waals surface area contributed by atoms with Crippen molar-refractivity contribution in [1.29, 1.82) is 0 Å². The van der Waals surface area contributed by atoms with Crippen molar-refractivity contribution in [3.05, 3.63) is 65.7 Å². The van der Waals surface area contributed by atoms with E-state index in [2.05, 4.69) is 27.2 Å². The third-order valence-electron chi connectivity index (χ3n) is 3.26. The Balaban J connectivity index is 1.67. The van der Waals surface area contributed by atoms with Crippen LogP contribution in [0.25, 0.3) is 11.0 Å². The van der Waals surface area contributed by atoms with Gasteiger partial charge in [0.25, 0.3) is 0 Å². The molecule has 0 aliphatic heterocycles. The number of nitrogens with one attached hydrogen (secondary N) is 1. The Hall–Kier alpha value is -2.33. The van der Waals surface area contributed by atoms with Crippen LogP contribution in [0.4, 0.5) is 0 Å². The molecule has 0 atom stereocenters. The average molecular weight is 264 g/mol. The van der Waals surface area contributed by atoms with Gasteiger partial charge in [-0.1, -0.05) is 12.1 Å². The SMILES string of the molecule is Cc1cnccc1CNCc1cnc2ccccc2n1. The average Bonchev–Trinajstić information content (AvgIpc) is 2.49. The quantitative estimate of drug-likeness (QED) is 0.787. The fourth-order valence-electron chi connectivity index (χ4n) is 2.11. The summed E-state index contributed by atoms with van der Waals surface area (Å²) in [6.45, 7) is 3.59. The van der Waals surface area contributed by atoms with Crippen molar-refractivity contribution in [2.75, 3.05) is 0 Å². The Kier molecular flexibility index (Phi) is 3.65. The Bertz CT molecular complexity index is 724. The van der Waals surface area contributed by atoms with Gasteiger partial charge < -0.3 is 5.32 Å². The van der Waals surface area contributed by atoms with Crippen LogP contribution in [0.5, 0.6) is 0 Å². The number of hydrogen-bond donors (Lipinski definition) is 1. The Morgan fingerprint density at radius 2 is 1.85 bits per heavy atom. The summed E-state index contributed by atoms with van der Waals surface area (Å²) >= 11 is 0. The number of aromatic nitrogens is 3. The van der Waals surface area contributed by atoms with Crippen molar-refractivity contribution in [2.45, 2.75) is 20.0 Å². The first-order valence-electron chi connectivity index (χ1n) is 6.64. The normalized spacial score (nSPS) is 10.8. The van der Waals surface area contributed by atoms with E-state index in [1.54, 1.807) is 0 Å². The first kappa shape index (κ1) is 12.7. The maximum absolute atomic E-state index is 4.59. The van der Waals surface area contributed by atoms with Gasteiger partial charge in [0.15, 0.2) is 0 Å². The molecule has 1 aromatic carbocycles. The second-order valence-electron chi connectivity index (χ2n) is 4.76. The van der Waals surface area contributed by atoms with Gasteiger partial charge in [-0.3, -0.25) is 9.97 Å². The van der Waals surface area contributed by atoms with Gasteiger partial charge in [0.1, 0.15) is 0 Å². The molecule has 2 aromatic heterocycles. The second kappa shape index (κ2) is 5.75.